The molecule has 1 aromatic carbocycles. The van der Waals surface area contributed by atoms with E-state index >= 15 is 0 Å². The zero-order chi connectivity index (χ0) is 16.7. The van der Waals surface area contributed by atoms with E-state index in [2.05, 4.69) is 17.1 Å². The third-order valence-corrected chi connectivity index (χ3v) is 3.66. The average molecular weight is 309 g/mol. The molecule has 2 N–H and O–H groups in total. The van der Waals surface area contributed by atoms with Gasteiger partial charge in [0.15, 0.2) is 0 Å². The van der Waals surface area contributed by atoms with E-state index in [1.165, 1.54) is 6.07 Å². The monoisotopic (exact) mass is 309 g/mol. The van der Waals surface area contributed by atoms with E-state index in [1.54, 1.807) is 25.4 Å². The number of halogens is 2. The van der Waals surface area contributed by atoms with Crippen molar-refractivity contribution < 1.29 is 8.78 Å². The first-order valence-corrected chi connectivity index (χ1v) is 7.35. The van der Waals surface area contributed by atoms with E-state index in [4.69, 9.17) is 5.41 Å². The molecule has 1 rings (SSSR count). The van der Waals surface area contributed by atoms with Gasteiger partial charge in [-0.05, 0) is 44.1 Å². The molecule has 3 nitrogen and oxygen atoms in total. The van der Waals surface area contributed by atoms with Crippen molar-refractivity contribution in [1.29, 1.82) is 5.41 Å². The van der Waals surface area contributed by atoms with Crippen LogP contribution in [0.25, 0.3) is 5.57 Å². The summed E-state index contributed by atoms with van der Waals surface area (Å²) in [5.74, 6) is 0.273. The smallest absolute Gasteiger partial charge is 0.264 e. The first-order chi connectivity index (χ1) is 10.4. The van der Waals surface area contributed by atoms with Gasteiger partial charge in [0, 0.05) is 30.6 Å². The largest absolute Gasteiger partial charge is 0.393 e. The van der Waals surface area contributed by atoms with Crippen molar-refractivity contribution in [2.75, 3.05) is 27.7 Å². The maximum Gasteiger partial charge on any atom is 0.264 e. The number of nitrogens with zero attached hydrogens (tertiary/aromatic N) is 1. The summed E-state index contributed by atoms with van der Waals surface area (Å²) in [7, 11) is 5.72. The van der Waals surface area contributed by atoms with Crippen LogP contribution in [0.1, 0.15) is 42.4 Å². The Hall–Kier alpha value is -1.75. The van der Waals surface area contributed by atoms with Gasteiger partial charge in [0.05, 0.1) is 0 Å². The molecule has 1 atom stereocenters. The van der Waals surface area contributed by atoms with Gasteiger partial charge >= 0.3 is 0 Å². The third-order valence-electron chi connectivity index (χ3n) is 3.66. The second kappa shape index (κ2) is 8.63. The Kier molecular flexibility index (Phi) is 7.18. The molecule has 0 aromatic heterocycles. The lowest BCUT2D eigenvalue weighted by atomic mass is 9.91. The predicted octanol–water partition coefficient (Wildman–Crippen LogP) is 3.89. The van der Waals surface area contributed by atoms with Crippen molar-refractivity contribution in [3.8, 4) is 0 Å². The Bertz CT molecular complexity index is 525. The molecular formula is C17H25F2N3. The highest BCUT2D eigenvalue weighted by molar-refractivity contribution is 6.08. The van der Waals surface area contributed by atoms with Gasteiger partial charge in [-0.15, -0.1) is 0 Å². The van der Waals surface area contributed by atoms with Crippen molar-refractivity contribution in [3.63, 3.8) is 0 Å². The fourth-order valence-corrected chi connectivity index (χ4v) is 2.29. The molecule has 0 spiro atoms. The van der Waals surface area contributed by atoms with Gasteiger partial charge in [-0.25, -0.2) is 8.78 Å². The molecule has 5 heteroatoms. The average Bonchev–Trinajstić information content (AvgIpc) is 2.49. The molecule has 0 aliphatic carbocycles. The summed E-state index contributed by atoms with van der Waals surface area (Å²) in [6.45, 7) is 3.04. The van der Waals surface area contributed by atoms with Crippen molar-refractivity contribution in [2.45, 2.75) is 25.7 Å². The molecule has 0 aliphatic rings. The molecule has 0 aliphatic heterocycles. The van der Waals surface area contributed by atoms with Gasteiger partial charge in [0.1, 0.15) is 0 Å². The van der Waals surface area contributed by atoms with Crippen LogP contribution in [0.4, 0.5) is 8.78 Å². The highest BCUT2D eigenvalue weighted by Crippen LogP contribution is 2.31. The van der Waals surface area contributed by atoms with E-state index < -0.39 is 6.43 Å². The zero-order valence-electron chi connectivity index (χ0n) is 13.7. The molecule has 0 radical (unpaired) electrons. The van der Waals surface area contributed by atoms with Crippen LogP contribution in [0.2, 0.25) is 0 Å². The third kappa shape index (κ3) is 4.91. The Labute approximate surface area is 131 Å². The Balaban J connectivity index is 3.19. The number of hydrogen-bond donors (Lipinski definition) is 2. The maximum atomic E-state index is 13.2. The quantitative estimate of drug-likeness (QED) is 0.715. The van der Waals surface area contributed by atoms with E-state index in [9.17, 15) is 8.78 Å². The lowest BCUT2D eigenvalue weighted by Crippen LogP contribution is -2.15. The maximum absolute atomic E-state index is 13.2. The molecule has 122 valence electrons. The van der Waals surface area contributed by atoms with Crippen LogP contribution in [0.3, 0.4) is 0 Å². The molecule has 0 heterocycles. The predicted molar refractivity (Wildman–Crippen MR) is 88.8 cm³/mol. The molecular weight excluding hydrogens is 284 g/mol. The summed E-state index contributed by atoms with van der Waals surface area (Å²) in [4.78, 5) is 2.11. The topological polar surface area (TPSA) is 39.1 Å². The van der Waals surface area contributed by atoms with Crippen LogP contribution in [0.5, 0.6) is 0 Å². The zero-order valence-corrected chi connectivity index (χ0v) is 13.7. The summed E-state index contributed by atoms with van der Waals surface area (Å²) >= 11 is 0. The number of rotatable bonds is 8. The second-order valence-electron chi connectivity index (χ2n) is 5.67. The van der Waals surface area contributed by atoms with E-state index in [0.29, 0.717) is 11.1 Å². The van der Waals surface area contributed by atoms with Crippen LogP contribution in [0.15, 0.2) is 24.4 Å². The van der Waals surface area contributed by atoms with Crippen molar-refractivity contribution >= 4 is 11.8 Å². The van der Waals surface area contributed by atoms with E-state index in [0.717, 1.165) is 24.7 Å². The summed E-state index contributed by atoms with van der Waals surface area (Å²) in [6, 6.07) is 5.04. The highest BCUT2D eigenvalue weighted by Gasteiger charge is 2.17. The van der Waals surface area contributed by atoms with Gasteiger partial charge in [-0.2, -0.15) is 0 Å². The summed E-state index contributed by atoms with van der Waals surface area (Å²) < 4.78 is 26.4. The fraction of sp³-hybridized carbons (Fsp3) is 0.471. The minimum absolute atomic E-state index is 0.0337. The Morgan fingerprint density at radius 1 is 1.36 bits per heavy atom. The van der Waals surface area contributed by atoms with Gasteiger partial charge in [0.2, 0.25) is 0 Å². The first-order valence-electron chi connectivity index (χ1n) is 7.35. The SMILES string of the molecule is CN/C=C(\C=N)c1cc([C@@H](C)CCN(C)C)ccc1C(F)F. The summed E-state index contributed by atoms with van der Waals surface area (Å²) in [5.41, 5.74) is 1.87. The van der Waals surface area contributed by atoms with E-state index in [-0.39, 0.29) is 11.5 Å². The van der Waals surface area contributed by atoms with Crippen LogP contribution in [-0.4, -0.2) is 38.8 Å². The first kappa shape index (κ1) is 18.3. The van der Waals surface area contributed by atoms with Crippen LogP contribution in [0, 0.1) is 5.41 Å². The number of hydrogen-bond acceptors (Lipinski definition) is 3. The van der Waals surface area contributed by atoms with Gasteiger partial charge < -0.3 is 15.6 Å². The van der Waals surface area contributed by atoms with Crippen molar-refractivity contribution in [2.24, 2.45) is 0 Å². The number of benzene rings is 1. The molecule has 22 heavy (non-hydrogen) atoms. The van der Waals surface area contributed by atoms with Gasteiger partial charge in [-0.1, -0.05) is 25.1 Å². The van der Waals surface area contributed by atoms with Crippen molar-refractivity contribution in [3.05, 3.63) is 41.1 Å². The number of allylic oxidation sites excluding steroid dienone is 1. The van der Waals surface area contributed by atoms with Crippen LogP contribution < -0.4 is 5.32 Å². The highest BCUT2D eigenvalue weighted by atomic mass is 19.3. The van der Waals surface area contributed by atoms with Crippen LogP contribution >= 0.6 is 0 Å². The standard InChI is InChI=1S/C17H25F2N3/c1-12(7-8-22(3)4)13-5-6-15(17(18)19)16(9-13)14(10-20)11-21-2/h5-6,9-12,17,20-21H,7-8H2,1-4H3/b14-11+,20-10?/t12-/m0/s1. The lowest BCUT2D eigenvalue weighted by molar-refractivity contribution is 0.151. The van der Waals surface area contributed by atoms with Crippen LogP contribution in [-0.2, 0) is 0 Å². The molecule has 0 fully saturated rings. The minimum Gasteiger partial charge on any atom is -0.393 e. The lowest BCUT2D eigenvalue weighted by Gasteiger charge is -2.18. The molecule has 0 unspecified atom stereocenters. The van der Waals surface area contributed by atoms with Gasteiger partial charge in [0.25, 0.3) is 6.43 Å². The Morgan fingerprint density at radius 3 is 2.55 bits per heavy atom. The summed E-state index contributed by atoms with van der Waals surface area (Å²) in [5, 5.41) is 10.3. The van der Waals surface area contributed by atoms with Gasteiger partial charge in [-0.3, -0.25) is 0 Å². The number of nitrogens with one attached hydrogen (secondary N) is 2. The Morgan fingerprint density at radius 2 is 2.05 bits per heavy atom. The molecule has 0 amide bonds. The summed E-state index contributed by atoms with van der Waals surface area (Å²) in [6.07, 6.45) is 1.08. The molecule has 0 saturated heterocycles. The van der Waals surface area contributed by atoms with Crippen molar-refractivity contribution in [1.82, 2.24) is 10.2 Å². The molecule has 0 bridgehead atoms. The number of alkyl halides is 2. The molecule has 1 aromatic rings. The fourth-order valence-electron chi connectivity index (χ4n) is 2.29. The van der Waals surface area contributed by atoms with E-state index in [1.807, 2.05) is 14.1 Å². The normalized spacial score (nSPS) is 13.5. The minimum atomic E-state index is -2.55. The second-order valence-corrected chi connectivity index (χ2v) is 5.67. The molecule has 0 saturated carbocycles.